The SMILES string of the molecule is CSC(C)(CCn1ccc(-c2cc3ccccc3o2)cc1=O)C(C)=O. The second kappa shape index (κ2) is 6.92. The number of para-hydroxylation sites is 1. The molecule has 0 fully saturated rings. The molecular weight excluding hydrogens is 334 g/mol. The molecule has 0 aliphatic rings. The maximum atomic E-state index is 12.4. The van der Waals surface area contributed by atoms with Gasteiger partial charge in [0.05, 0.1) is 4.75 Å². The maximum absolute atomic E-state index is 12.4. The number of Topliss-reactive ketones (excluding diaryl/α,β-unsaturated/α-hetero) is 1. The second-order valence-corrected chi connectivity index (χ2v) is 7.65. The highest BCUT2D eigenvalue weighted by Crippen LogP contribution is 2.29. The van der Waals surface area contributed by atoms with E-state index in [-0.39, 0.29) is 11.3 Å². The quantitative estimate of drug-likeness (QED) is 0.659. The van der Waals surface area contributed by atoms with E-state index in [0.717, 1.165) is 16.5 Å². The van der Waals surface area contributed by atoms with Crippen LogP contribution in [-0.2, 0) is 11.3 Å². The Labute approximate surface area is 150 Å². The van der Waals surface area contributed by atoms with E-state index in [1.165, 1.54) is 11.8 Å². The summed E-state index contributed by atoms with van der Waals surface area (Å²) in [6.07, 6.45) is 4.31. The van der Waals surface area contributed by atoms with Crippen molar-refractivity contribution in [3.05, 3.63) is 59.0 Å². The first-order valence-electron chi connectivity index (χ1n) is 8.18. The molecule has 25 heavy (non-hydrogen) atoms. The van der Waals surface area contributed by atoms with E-state index in [0.29, 0.717) is 18.7 Å². The van der Waals surface area contributed by atoms with E-state index in [1.54, 1.807) is 23.8 Å². The van der Waals surface area contributed by atoms with E-state index in [9.17, 15) is 9.59 Å². The highest BCUT2D eigenvalue weighted by atomic mass is 32.2. The number of carbonyl (C=O) groups excluding carboxylic acids is 1. The number of pyridine rings is 1. The molecular formula is C20H21NO3S. The number of aryl methyl sites for hydroxylation is 1. The first-order chi connectivity index (χ1) is 11.9. The smallest absolute Gasteiger partial charge is 0.251 e. The maximum Gasteiger partial charge on any atom is 0.251 e. The van der Waals surface area contributed by atoms with Crippen LogP contribution in [0.5, 0.6) is 0 Å². The Kier molecular flexibility index (Phi) is 4.86. The fraction of sp³-hybridized carbons (Fsp3) is 0.300. The summed E-state index contributed by atoms with van der Waals surface area (Å²) in [6, 6.07) is 13.2. The van der Waals surface area contributed by atoms with Gasteiger partial charge in [0, 0.05) is 29.8 Å². The van der Waals surface area contributed by atoms with Crippen molar-refractivity contribution in [1.29, 1.82) is 0 Å². The lowest BCUT2D eigenvalue weighted by atomic mass is 10.0. The van der Waals surface area contributed by atoms with Crippen LogP contribution in [0.3, 0.4) is 0 Å². The van der Waals surface area contributed by atoms with Gasteiger partial charge >= 0.3 is 0 Å². The number of rotatable bonds is 6. The van der Waals surface area contributed by atoms with Crippen molar-refractivity contribution in [2.75, 3.05) is 6.26 Å². The van der Waals surface area contributed by atoms with Crippen LogP contribution in [0.2, 0.25) is 0 Å². The fourth-order valence-corrected chi connectivity index (χ4v) is 3.31. The van der Waals surface area contributed by atoms with Gasteiger partial charge in [-0.15, -0.1) is 0 Å². The standard InChI is InChI=1S/C20H21NO3S/c1-14(22)20(2,25-3)9-11-21-10-8-16(13-19(21)23)18-12-15-6-4-5-7-17(15)24-18/h4-8,10,12-13H,9,11H2,1-3H3. The number of thioether (sulfide) groups is 1. The number of hydrogen-bond donors (Lipinski definition) is 0. The van der Waals surface area contributed by atoms with Gasteiger partial charge in [-0.2, -0.15) is 11.8 Å². The molecule has 0 spiro atoms. The zero-order valence-corrected chi connectivity index (χ0v) is 15.4. The monoisotopic (exact) mass is 355 g/mol. The number of aromatic nitrogens is 1. The topological polar surface area (TPSA) is 52.2 Å². The zero-order chi connectivity index (χ0) is 18.0. The highest BCUT2D eigenvalue weighted by Gasteiger charge is 2.28. The zero-order valence-electron chi connectivity index (χ0n) is 14.6. The Morgan fingerprint density at radius 2 is 2.00 bits per heavy atom. The minimum atomic E-state index is -0.461. The third kappa shape index (κ3) is 3.56. The molecule has 0 radical (unpaired) electrons. The number of fused-ring (bicyclic) bond motifs is 1. The molecule has 3 rings (SSSR count). The molecule has 2 heterocycles. The molecule has 130 valence electrons. The van der Waals surface area contributed by atoms with Crippen molar-refractivity contribution in [1.82, 2.24) is 4.57 Å². The summed E-state index contributed by atoms with van der Waals surface area (Å²) >= 11 is 1.53. The molecule has 0 N–H and O–H groups in total. The van der Waals surface area contributed by atoms with Crippen LogP contribution < -0.4 is 5.56 Å². The minimum Gasteiger partial charge on any atom is -0.456 e. The number of hydrogen-bond acceptors (Lipinski definition) is 4. The van der Waals surface area contributed by atoms with Crippen LogP contribution in [0.25, 0.3) is 22.3 Å². The van der Waals surface area contributed by atoms with Gasteiger partial charge in [0.15, 0.2) is 0 Å². The van der Waals surface area contributed by atoms with Gasteiger partial charge in [-0.3, -0.25) is 9.59 Å². The van der Waals surface area contributed by atoms with Gasteiger partial charge in [0.1, 0.15) is 17.1 Å². The molecule has 0 saturated carbocycles. The summed E-state index contributed by atoms with van der Waals surface area (Å²) in [7, 11) is 0. The van der Waals surface area contributed by atoms with Crippen LogP contribution in [-0.4, -0.2) is 21.4 Å². The normalized spacial score (nSPS) is 13.7. The average molecular weight is 355 g/mol. The third-order valence-corrected chi connectivity index (χ3v) is 6.12. The van der Waals surface area contributed by atoms with Crippen molar-refractivity contribution in [2.24, 2.45) is 0 Å². The van der Waals surface area contributed by atoms with Crippen LogP contribution in [0, 0.1) is 0 Å². The molecule has 4 nitrogen and oxygen atoms in total. The van der Waals surface area contributed by atoms with Crippen LogP contribution in [0.4, 0.5) is 0 Å². The van der Waals surface area contributed by atoms with Gasteiger partial charge in [-0.1, -0.05) is 18.2 Å². The second-order valence-electron chi connectivity index (χ2n) is 6.34. The number of benzene rings is 1. The molecule has 0 aliphatic carbocycles. The van der Waals surface area contributed by atoms with Gasteiger partial charge < -0.3 is 8.98 Å². The number of carbonyl (C=O) groups is 1. The number of ketones is 1. The number of furan rings is 1. The van der Waals surface area contributed by atoms with Crippen LogP contribution >= 0.6 is 11.8 Å². The van der Waals surface area contributed by atoms with Crippen molar-refractivity contribution in [3.8, 4) is 11.3 Å². The summed E-state index contributed by atoms with van der Waals surface area (Å²) in [5.74, 6) is 0.815. The predicted octanol–water partition coefficient (Wildman–Crippen LogP) is 4.36. The Hall–Kier alpha value is -2.27. The van der Waals surface area contributed by atoms with Crippen LogP contribution in [0.1, 0.15) is 20.3 Å². The van der Waals surface area contributed by atoms with Crippen molar-refractivity contribution in [3.63, 3.8) is 0 Å². The summed E-state index contributed by atoms with van der Waals surface area (Å²) < 4.78 is 7.00. The molecule has 0 amide bonds. The van der Waals surface area contributed by atoms with Crippen molar-refractivity contribution >= 4 is 28.5 Å². The summed E-state index contributed by atoms with van der Waals surface area (Å²) in [5, 5.41) is 1.01. The first kappa shape index (κ1) is 17.5. The average Bonchev–Trinajstić information content (AvgIpc) is 3.04. The van der Waals surface area contributed by atoms with E-state index in [1.807, 2.05) is 49.6 Å². The molecule has 0 aliphatic heterocycles. The van der Waals surface area contributed by atoms with E-state index in [2.05, 4.69) is 0 Å². The Morgan fingerprint density at radius 3 is 2.64 bits per heavy atom. The molecule has 5 heteroatoms. The van der Waals surface area contributed by atoms with Crippen molar-refractivity contribution in [2.45, 2.75) is 31.6 Å². The summed E-state index contributed by atoms with van der Waals surface area (Å²) in [6.45, 7) is 4.04. The minimum absolute atomic E-state index is 0.0926. The van der Waals surface area contributed by atoms with E-state index < -0.39 is 4.75 Å². The lowest BCUT2D eigenvalue weighted by Crippen LogP contribution is -2.32. The van der Waals surface area contributed by atoms with Gasteiger partial charge in [0.2, 0.25) is 0 Å². The van der Waals surface area contributed by atoms with E-state index >= 15 is 0 Å². The van der Waals surface area contributed by atoms with Gasteiger partial charge in [-0.25, -0.2) is 0 Å². The van der Waals surface area contributed by atoms with E-state index in [4.69, 9.17) is 4.42 Å². The third-order valence-electron chi connectivity index (χ3n) is 4.73. The van der Waals surface area contributed by atoms with Gasteiger partial charge in [-0.05, 0) is 44.7 Å². The lowest BCUT2D eigenvalue weighted by molar-refractivity contribution is -0.119. The Bertz CT molecular complexity index is 939. The molecule has 2 aromatic heterocycles. The van der Waals surface area contributed by atoms with Gasteiger partial charge in [0.25, 0.3) is 5.56 Å². The number of nitrogens with zero attached hydrogens (tertiary/aromatic N) is 1. The Morgan fingerprint density at radius 1 is 1.24 bits per heavy atom. The summed E-state index contributed by atoms with van der Waals surface area (Å²) in [4.78, 5) is 24.2. The fourth-order valence-electron chi connectivity index (χ4n) is 2.73. The first-order valence-corrected chi connectivity index (χ1v) is 9.41. The highest BCUT2D eigenvalue weighted by molar-refractivity contribution is 8.00. The molecule has 1 atom stereocenters. The molecule has 0 saturated heterocycles. The predicted molar refractivity (Wildman–Crippen MR) is 103 cm³/mol. The van der Waals surface area contributed by atoms with Crippen molar-refractivity contribution < 1.29 is 9.21 Å². The summed E-state index contributed by atoms with van der Waals surface area (Å²) in [5.41, 5.74) is 1.47. The largest absolute Gasteiger partial charge is 0.456 e. The lowest BCUT2D eigenvalue weighted by Gasteiger charge is -2.24. The molecule has 3 aromatic rings. The van der Waals surface area contributed by atoms with Crippen LogP contribution in [0.15, 0.2) is 57.9 Å². The molecule has 0 bridgehead atoms. The molecule has 1 unspecified atom stereocenters. The Balaban J connectivity index is 1.83. The molecule has 1 aromatic carbocycles.